The van der Waals surface area contributed by atoms with Crippen LogP contribution in [0.5, 0.6) is 0 Å². The molecule has 0 aliphatic heterocycles. The number of carbonyl (C=O) groups is 1. The van der Waals surface area contributed by atoms with Crippen molar-refractivity contribution in [2.24, 2.45) is 0 Å². The third-order valence-electron chi connectivity index (χ3n) is 4.31. The molecule has 2 aromatic carbocycles. The summed E-state index contributed by atoms with van der Waals surface area (Å²) in [6, 6.07) is 17.6. The maximum absolute atomic E-state index is 12.3. The number of anilines is 1. The molecule has 1 amide bonds. The van der Waals surface area contributed by atoms with Gasteiger partial charge in [-0.05, 0) is 17.7 Å². The van der Waals surface area contributed by atoms with Crippen LogP contribution in [0.1, 0.15) is 17.9 Å². The molecule has 0 saturated carbocycles. The fraction of sp³-hybridized carbons (Fsp3) is 0.136. The van der Waals surface area contributed by atoms with Gasteiger partial charge in [-0.25, -0.2) is 9.97 Å². The first-order valence-corrected chi connectivity index (χ1v) is 9.11. The molecule has 6 heteroatoms. The van der Waals surface area contributed by atoms with Gasteiger partial charge < -0.3 is 14.3 Å². The molecule has 0 atom stereocenters. The molecule has 0 bridgehead atoms. The smallest absolute Gasteiger partial charge is 0.224 e. The largest absolute Gasteiger partial charge is 0.441 e. The first kappa shape index (κ1) is 17.7. The Morgan fingerprint density at radius 3 is 2.82 bits per heavy atom. The molecule has 140 valence electrons. The van der Waals surface area contributed by atoms with Gasteiger partial charge in [0.15, 0.2) is 11.7 Å². The second-order valence-corrected chi connectivity index (χ2v) is 6.47. The van der Waals surface area contributed by atoms with Crippen molar-refractivity contribution in [3.05, 3.63) is 91.0 Å². The Bertz CT molecular complexity index is 1040. The predicted octanol–water partition coefficient (Wildman–Crippen LogP) is 4.16. The van der Waals surface area contributed by atoms with E-state index >= 15 is 0 Å². The van der Waals surface area contributed by atoms with Crippen LogP contribution < -0.4 is 5.32 Å². The summed E-state index contributed by atoms with van der Waals surface area (Å²) in [5.74, 6) is 1.20. The van der Waals surface area contributed by atoms with E-state index < -0.39 is 0 Å². The standard InChI is InChI=1S/C22H20N4O2/c27-21(9-10-22-24-14-20(28-22)18-6-2-1-3-7-18)25-19-8-4-5-17(13-19)15-26-12-11-23-16-26/h1-8,11-14,16H,9-10,15H2,(H,25,27). The van der Waals surface area contributed by atoms with E-state index in [4.69, 9.17) is 4.42 Å². The summed E-state index contributed by atoms with van der Waals surface area (Å²) >= 11 is 0. The summed E-state index contributed by atoms with van der Waals surface area (Å²) in [4.78, 5) is 20.6. The molecular formula is C22H20N4O2. The van der Waals surface area contributed by atoms with Crippen molar-refractivity contribution in [3.63, 3.8) is 0 Å². The third-order valence-corrected chi connectivity index (χ3v) is 4.31. The highest BCUT2D eigenvalue weighted by molar-refractivity contribution is 5.90. The van der Waals surface area contributed by atoms with Gasteiger partial charge in [-0.3, -0.25) is 4.79 Å². The minimum Gasteiger partial charge on any atom is -0.441 e. The Balaban J connectivity index is 1.32. The van der Waals surface area contributed by atoms with Gasteiger partial charge in [0, 0.05) is 43.0 Å². The minimum atomic E-state index is -0.0701. The minimum absolute atomic E-state index is 0.0701. The lowest BCUT2D eigenvalue weighted by atomic mass is 10.2. The first-order valence-electron chi connectivity index (χ1n) is 9.11. The van der Waals surface area contributed by atoms with Crippen molar-refractivity contribution < 1.29 is 9.21 Å². The molecule has 0 aliphatic rings. The summed E-state index contributed by atoms with van der Waals surface area (Å²) in [6.07, 6.45) is 7.88. The van der Waals surface area contributed by atoms with Gasteiger partial charge in [-0.1, -0.05) is 42.5 Å². The van der Waals surface area contributed by atoms with Crippen LogP contribution in [-0.4, -0.2) is 20.4 Å². The molecule has 0 radical (unpaired) electrons. The van der Waals surface area contributed by atoms with Gasteiger partial charge in [0.1, 0.15) is 0 Å². The number of benzene rings is 2. The number of hydrogen-bond acceptors (Lipinski definition) is 4. The lowest BCUT2D eigenvalue weighted by Gasteiger charge is -2.07. The highest BCUT2D eigenvalue weighted by Crippen LogP contribution is 2.20. The van der Waals surface area contributed by atoms with Gasteiger partial charge in [-0.15, -0.1) is 0 Å². The predicted molar refractivity (Wildman–Crippen MR) is 107 cm³/mol. The van der Waals surface area contributed by atoms with E-state index in [2.05, 4.69) is 15.3 Å². The molecule has 0 aliphatic carbocycles. The molecule has 0 saturated heterocycles. The summed E-state index contributed by atoms with van der Waals surface area (Å²) < 4.78 is 7.73. The molecule has 4 aromatic rings. The lowest BCUT2D eigenvalue weighted by Crippen LogP contribution is -2.12. The van der Waals surface area contributed by atoms with Gasteiger partial charge in [0.2, 0.25) is 5.91 Å². The molecule has 6 nitrogen and oxygen atoms in total. The average molecular weight is 372 g/mol. The first-order chi connectivity index (χ1) is 13.8. The number of imidazole rings is 1. The van der Waals surface area contributed by atoms with Crippen molar-refractivity contribution >= 4 is 11.6 Å². The van der Waals surface area contributed by atoms with Gasteiger partial charge in [0.05, 0.1) is 12.5 Å². The second-order valence-electron chi connectivity index (χ2n) is 6.47. The Morgan fingerprint density at radius 2 is 2.00 bits per heavy atom. The van der Waals surface area contributed by atoms with Gasteiger partial charge >= 0.3 is 0 Å². The number of oxazole rings is 1. The van der Waals surface area contributed by atoms with Gasteiger partial charge in [0.25, 0.3) is 0 Å². The molecule has 1 N–H and O–H groups in total. The Labute approximate surface area is 162 Å². The fourth-order valence-corrected chi connectivity index (χ4v) is 2.94. The van der Waals surface area contributed by atoms with Crippen molar-refractivity contribution in [2.75, 3.05) is 5.32 Å². The average Bonchev–Trinajstić information content (AvgIpc) is 3.39. The normalized spacial score (nSPS) is 10.7. The molecule has 0 spiro atoms. The fourth-order valence-electron chi connectivity index (χ4n) is 2.94. The van der Waals surface area contributed by atoms with Crippen LogP contribution in [0.25, 0.3) is 11.3 Å². The van der Waals surface area contributed by atoms with Crippen LogP contribution in [0.3, 0.4) is 0 Å². The number of rotatable bonds is 7. The SMILES string of the molecule is O=C(CCc1ncc(-c2ccccc2)o1)Nc1cccc(Cn2ccnc2)c1. The molecule has 28 heavy (non-hydrogen) atoms. The van der Waals surface area contributed by atoms with E-state index in [1.165, 1.54) is 0 Å². The summed E-state index contributed by atoms with van der Waals surface area (Å²) in [6.45, 7) is 0.711. The van der Waals surface area contributed by atoms with Gasteiger partial charge in [-0.2, -0.15) is 0 Å². The number of amides is 1. The van der Waals surface area contributed by atoms with Crippen LogP contribution in [0.2, 0.25) is 0 Å². The van der Waals surface area contributed by atoms with E-state index in [9.17, 15) is 4.79 Å². The summed E-state index contributed by atoms with van der Waals surface area (Å²) in [7, 11) is 0. The molecule has 0 fully saturated rings. The number of nitrogens with one attached hydrogen (secondary N) is 1. The van der Waals surface area contributed by atoms with Crippen LogP contribution >= 0.6 is 0 Å². The summed E-state index contributed by atoms with van der Waals surface area (Å²) in [5, 5.41) is 2.94. The number of aromatic nitrogens is 3. The maximum Gasteiger partial charge on any atom is 0.224 e. The van der Waals surface area contributed by atoms with E-state index in [1.807, 2.05) is 65.4 Å². The number of hydrogen-bond donors (Lipinski definition) is 1. The summed E-state index contributed by atoms with van der Waals surface area (Å²) in [5.41, 5.74) is 2.84. The zero-order chi connectivity index (χ0) is 19.2. The molecule has 2 heterocycles. The molecule has 0 unspecified atom stereocenters. The molecule has 2 aromatic heterocycles. The highest BCUT2D eigenvalue weighted by Gasteiger charge is 2.09. The molecular weight excluding hydrogens is 352 g/mol. The van der Waals surface area contributed by atoms with Crippen molar-refractivity contribution in [3.8, 4) is 11.3 Å². The third kappa shape index (κ3) is 4.54. The van der Waals surface area contributed by atoms with Crippen molar-refractivity contribution in [1.82, 2.24) is 14.5 Å². The number of nitrogens with zero attached hydrogens (tertiary/aromatic N) is 3. The quantitative estimate of drug-likeness (QED) is 0.529. The van der Waals surface area contributed by atoms with E-state index in [0.29, 0.717) is 31.0 Å². The van der Waals surface area contributed by atoms with Crippen LogP contribution in [0, 0.1) is 0 Å². The monoisotopic (exact) mass is 372 g/mol. The van der Waals surface area contributed by atoms with E-state index in [0.717, 1.165) is 16.8 Å². The Kier molecular flexibility index (Phi) is 5.29. The lowest BCUT2D eigenvalue weighted by molar-refractivity contribution is -0.116. The van der Waals surface area contributed by atoms with Crippen molar-refractivity contribution in [1.29, 1.82) is 0 Å². The van der Waals surface area contributed by atoms with Crippen molar-refractivity contribution in [2.45, 2.75) is 19.4 Å². The van der Waals surface area contributed by atoms with Crippen LogP contribution in [-0.2, 0) is 17.8 Å². The number of carbonyl (C=O) groups excluding carboxylic acids is 1. The highest BCUT2D eigenvalue weighted by atomic mass is 16.4. The molecule has 4 rings (SSSR count). The van der Waals surface area contributed by atoms with Crippen LogP contribution in [0.4, 0.5) is 5.69 Å². The topological polar surface area (TPSA) is 73.0 Å². The zero-order valence-corrected chi connectivity index (χ0v) is 15.3. The van der Waals surface area contributed by atoms with Crippen LogP contribution in [0.15, 0.2) is 83.9 Å². The van der Waals surface area contributed by atoms with E-state index in [1.54, 1.807) is 18.7 Å². The Hall–Kier alpha value is -3.67. The van der Waals surface area contributed by atoms with E-state index in [-0.39, 0.29) is 5.91 Å². The zero-order valence-electron chi connectivity index (χ0n) is 15.3. The number of aryl methyl sites for hydroxylation is 1. The maximum atomic E-state index is 12.3. The Morgan fingerprint density at radius 1 is 1.11 bits per heavy atom. The second kappa shape index (κ2) is 8.35.